The van der Waals surface area contributed by atoms with Gasteiger partial charge in [0, 0.05) is 13.2 Å². The Morgan fingerprint density at radius 3 is 2.47 bits per heavy atom. The minimum Gasteiger partial charge on any atom is -0.481 e. The standard InChI is InChI=1S/C13H22N2O4/c16-12(17)10-3-1-9(2-4-10)7-14-13(18)15-11-5-6-19-8-11/h9-11H,1-8H2,(H,16,17)(H2,14,15,18). The number of carboxylic acid groups (broad SMARTS) is 1. The van der Waals surface area contributed by atoms with Crippen molar-refractivity contribution < 1.29 is 19.4 Å². The summed E-state index contributed by atoms with van der Waals surface area (Å²) in [6.07, 6.45) is 4.07. The summed E-state index contributed by atoms with van der Waals surface area (Å²) in [4.78, 5) is 22.5. The van der Waals surface area contributed by atoms with Gasteiger partial charge in [-0.25, -0.2) is 4.79 Å². The summed E-state index contributed by atoms with van der Waals surface area (Å²) in [6, 6.07) is -0.0152. The van der Waals surface area contributed by atoms with Crippen LogP contribution in [0.25, 0.3) is 0 Å². The van der Waals surface area contributed by atoms with Crippen LogP contribution in [0.5, 0.6) is 0 Å². The van der Waals surface area contributed by atoms with Gasteiger partial charge in [0.15, 0.2) is 0 Å². The summed E-state index contributed by atoms with van der Waals surface area (Å²) < 4.78 is 5.19. The van der Waals surface area contributed by atoms with E-state index >= 15 is 0 Å². The molecule has 1 atom stereocenters. The maximum absolute atomic E-state index is 11.6. The van der Waals surface area contributed by atoms with Crippen LogP contribution in [0.4, 0.5) is 4.79 Å². The van der Waals surface area contributed by atoms with Crippen molar-refractivity contribution in [3.8, 4) is 0 Å². The number of carboxylic acids is 1. The second kappa shape index (κ2) is 6.75. The fourth-order valence-corrected chi connectivity index (χ4v) is 2.74. The van der Waals surface area contributed by atoms with E-state index in [1.807, 2.05) is 0 Å². The van der Waals surface area contributed by atoms with Gasteiger partial charge in [0.1, 0.15) is 0 Å². The predicted molar refractivity (Wildman–Crippen MR) is 68.8 cm³/mol. The van der Waals surface area contributed by atoms with E-state index in [2.05, 4.69) is 10.6 Å². The molecule has 1 unspecified atom stereocenters. The van der Waals surface area contributed by atoms with Crippen LogP contribution in [-0.4, -0.2) is 42.9 Å². The van der Waals surface area contributed by atoms with Gasteiger partial charge in [0.05, 0.1) is 18.6 Å². The van der Waals surface area contributed by atoms with Gasteiger partial charge in [-0.3, -0.25) is 4.79 Å². The Morgan fingerprint density at radius 2 is 1.89 bits per heavy atom. The van der Waals surface area contributed by atoms with E-state index in [4.69, 9.17) is 9.84 Å². The minimum atomic E-state index is -0.689. The monoisotopic (exact) mass is 270 g/mol. The predicted octanol–water partition coefficient (Wildman–Crippen LogP) is 0.965. The highest BCUT2D eigenvalue weighted by atomic mass is 16.5. The Balaban J connectivity index is 1.60. The molecular weight excluding hydrogens is 248 g/mol. The number of ether oxygens (including phenoxy) is 1. The van der Waals surface area contributed by atoms with Crippen molar-refractivity contribution in [1.29, 1.82) is 0 Å². The van der Waals surface area contributed by atoms with E-state index in [0.29, 0.717) is 25.7 Å². The normalized spacial score (nSPS) is 30.8. The molecule has 1 saturated heterocycles. The second-order valence-electron chi connectivity index (χ2n) is 5.47. The lowest BCUT2D eigenvalue weighted by molar-refractivity contribution is -0.143. The van der Waals surface area contributed by atoms with Crippen molar-refractivity contribution in [3.63, 3.8) is 0 Å². The summed E-state index contributed by atoms with van der Waals surface area (Å²) in [5.74, 6) is -0.479. The molecule has 6 heteroatoms. The van der Waals surface area contributed by atoms with Crippen LogP contribution < -0.4 is 10.6 Å². The van der Waals surface area contributed by atoms with Crippen LogP contribution >= 0.6 is 0 Å². The zero-order chi connectivity index (χ0) is 13.7. The first-order valence-electron chi connectivity index (χ1n) is 7.00. The molecule has 2 rings (SSSR count). The molecule has 6 nitrogen and oxygen atoms in total. The molecule has 0 spiro atoms. The van der Waals surface area contributed by atoms with Crippen molar-refractivity contribution in [1.82, 2.24) is 10.6 Å². The van der Waals surface area contributed by atoms with Crippen molar-refractivity contribution >= 4 is 12.0 Å². The van der Waals surface area contributed by atoms with Gasteiger partial charge in [-0.1, -0.05) is 0 Å². The number of urea groups is 1. The lowest BCUT2D eigenvalue weighted by Gasteiger charge is -2.26. The molecule has 2 fully saturated rings. The molecule has 0 aromatic rings. The zero-order valence-electron chi connectivity index (χ0n) is 11.1. The van der Waals surface area contributed by atoms with Gasteiger partial charge in [-0.2, -0.15) is 0 Å². The van der Waals surface area contributed by atoms with Gasteiger partial charge in [0.25, 0.3) is 0 Å². The SMILES string of the molecule is O=C(NCC1CCC(C(=O)O)CC1)NC1CCOC1. The molecule has 0 bridgehead atoms. The van der Waals surface area contributed by atoms with Gasteiger partial charge < -0.3 is 20.5 Å². The molecular formula is C13H22N2O4. The van der Waals surface area contributed by atoms with E-state index in [-0.39, 0.29) is 18.0 Å². The molecule has 19 heavy (non-hydrogen) atoms. The highest BCUT2D eigenvalue weighted by molar-refractivity contribution is 5.74. The number of hydrogen-bond acceptors (Lipinski definition) is 3. The van der Waals surface area contributed by atoms with Crippen molar-refractivity contribution in [2.24, 2.45) is 11.8 Å². The number of carbonyl (C=O) groups excluding carboxylic acids is 1. The molecule has 2 aliphatic rings. The first kappa shape index (κ1) is 14.1. The molecule has 0 radical (unpaired) electrons. The molecule has 3 N–H and O–H groups in total. The van der Waals surface area contributed by atoms with E-state index < -0.39 is 5.97 Å². The fourth-order valence-electron chi connectivity index (χ4n) is 2.74. The Labute approximate surface area is 112 Å². The third kappa shape index (κ3) is 4.38. The maximum atomic E-state index is 11.6. The molecule has 0 aromatic carbocycles. The smallest absolute Gasteiger partial charge is 0.315 e. The maximum Gasteiger partial charge on any atom is 0.315 e. The third-order valence-electron chi connectivity index (χ3n) is 4.01. The second-order valence-corrected chi connectivity index (χ2v) is 5.47. The van der Waals surface area contributed by atoms with Crippen LogP contribution in [0, 0.1) is 11.8 Å². The highest BCUT2D eigenvalue weighted by Gasteiger charge is 2.26. The molecule has 108 valence electrons. The number of nitrogens with one attached hydrogen (secondary N) is 2. The van der Waals surface area contributed by atoms with Gasteiger partial charge in [0.2, 0.25) is 0 Å². The lowest BCUT2D eigenvalue weighted by Crippen LogP contribution is -2.44. The topological polar surface area (TPSA) is 87.7 Å². The molecule has 1 aliphatic carbocycles. The van der Waals surface area contributed by atoms with Crippen LogP contribution in [0.15, 0.2) is 0 Å². The van der Waals surface area contributed by atoms with Gasteiger partial charge in [-0.15, -0.1) is 0 Å². The van der Waals surface area contributed by atoms with Crippen molar-refractivity contribution in [2.75, 3.05) is 19.8 Å². The van der Waals surface area contributed by atoms with Crippen LogP contribution in [-0.2, 0) is 9.53 Å². The van der Waals surface area contributed by atoms with Crippen molar-refractivity contribution in [2.45, 2.75) is 38.1 Å². The number of amides is 2. The summed E-state index contributed by atoms with van der Waals surface area (Å²) in [7, 11) is 0. The Morgan fingerprint density at radius 1 is 1.16 bits per heavy atom. The zero-order valence-corrected chi connectivity index (χ0v) is 11.1. The van der Waals surface area contributed by atoms with Crippen molar-refractivity contribution in [3.05, 3.63) is 0 Å². The number of rotatable bonds is 4. The van der Waals surface area contributed by atoms with Gasteiger partial charge >= 0.3 is 12.0 Å². The molecule has 1 heterocycles. The van der Waals surface area contributed by atoms with Crippen LogP contribution in [0.3, 0.4) is 0 Å². The molecule has 0 aromatic heterocycles. The highest BCUT2D eigenvalue weighted by Crippen LogP contribution is 2.28. The van der Waals surface area contributed by atoms with Crippen LogP contribution in [0.1, 0.15) is 32.1 Å². The Hall–Kier alpha value is -1.30. The third-order valence-corrected chi connectivity index (χ3v) is 4.01. The summed E-state index contributed by atoms with van der Waals surface area (Å²) in [5, 5.41) is 14.7. The Kier molecular flexibility index (Phi) is 5.01. The summed E-state index contributed by atoms with van der Waals surface area (Å²) in [5.41, 5.74) is 0. The van der Waals surface area contributed by atoms with Crippen LogP contribution in [0.2, 0.25) is 0 Å². The largest absolute Gasteiger partial charge is 0.481 e. The first-order chi connectivity index (χ1) is 9.15. The number of aliphatic carboxylic acids is 1. The molecule has 2 amide bonds. The lowest BCUT2D eigenvalue weighted by atomic mass is 9.82. The average Bonchev–Trinajstić information content (AvgIpc) is 2.89. The average molecular weight is 270 g/mol. The number of hydrogen-bond donors (Lipinski definition) is 3. The summed E-state index contributed by atoms with van der Waals surface area (Å²) in [6.45, 7) is 1.94. The fraction of sp³-hybridized carbons (Fsp3) is 0.846. The summed E-state index contributed by atoms with van der Waals surface area (Å²) >= 11 is 0. The Bertz CT molecular complexity index is 321. The molecule has 1 aliphatic heterocycles. The quantitative estimate of drug-likeness (QED) is 0.710. The molecule has 1 saturated carbocycles. The minimum absolute atomic E-state index is 0.128. The first-order valence-corrected chi connectivity index (χ1v) is 7.00. The van der Waals surface area contributed by atoms with E-state index in [1.54, 1.807) is 0 Å². The number of carbonyl (C=O) groups is 2. The van der Waals surface area contributed by atoms with E-state index in [1.165, 1.54) is 0 Å². The van der Waals surface area contributed by atoms with E-state index in [0.717, 1.165) is 32.1 Å². The van der Waals surface area contributed by atoms with Gasteiger partial charge in [-0.05, 0) is 38.0 Å². The van der Waals surface area contributed by atoms with E-state index in [9.17, 15) is 9.59 Å².